The van der Waals surface area contributed by atoms with Crippen molar-refractivity contribution in [3.8, 4) is 0 Å². The molecule has 0 unspecified atom stereocenters. The molecule has 0 saturated heterocycles. The topological polar surface area (TPSA) is 193 Å². The summed E-state index contributed by atoms with van der Waals surface area (Å²) in [6.45, 7) is 0. The van der Waals surface area contributed by atoms with Crippen LogP contribution in [-0.2, 0) is 48.1 Å². The van der Waals surface area contributed by atoms with Crippen LogP contribution in [0.15, 0.2) is 56.0 Å². The Morgan fingerprint density at radius 2 is 1.24 bits per heavy atom. The fourth-order valence-corrected chi connectivity index (χ4v) is 7.07. The van der Waals surface area contributed by atoms with Gasteiger partial charge in [0.1, 0.15) is 16.5 Å². The third-order valence-corrected chi connectivity index (χ3v) is 10.9. The predicted octanol–water partition coefficient (Wildman–Crippen LogP) is -2.83. The van der Waals surface area contributed by atoms with Gasteiger partial charge in [-0.2, -0.15) is 26.3 Å². The summed E-state index contributed by atoms with van der Waals surface area (Å²) >= 11 is -7.74. The summed E-state index contributed by atoms with van der Waals surface area (Å²) in [5.74, 6) is -7.14. The number of carbonyl (C=O) groups excluding carboxylic acids is 1. The first kappa shape index (κ1) is 43.8. The first-order valence-corrected chi connectivity index (χ1v) is 15.9. The molecule has 0 atom stereocenters. The minimum absolute atomic E-state index is 0. The summed E-state index contributed by atoms with van der Waals surface area (Å²) in [6, 6.07) is -0.0189. The normalized spacial score (nSPS) is 13.8. The first-order chi connectivity index (χ1) is 19.2. The Labute approximate surface area is 274 Å². The number of hydrogen-bond acceptors (Lipinski definition) is 13. The zero-order valence-electron chi connectivity index (χ0n) is 21.2. The van der Waals surface area contributed by atoms with Crippen molar-refractivity contribution in [2.24, 2.45) is 0 Å². The molecule has 2 rings (SSSR count). The maximum absolute atomic E-state index is 14.2. The van der Waals surface area contributed by atoms with Crippen LogP contribution in [0.3, 0.4) is 0 Å². The van der Waals surface area contributed by atoms with E-state index < -0.39 is 112 Å². The molecule has 0 heterocycles. The molecule has 29 heteroatoms. The fourth-order valence-electron chi connectivity index (χ4n) is 2.45. The van der Waals surface area contributed by atoms with E-state index in [-0.39, 0.29) is 62.0 Å². The summed E-state index contributed by atoms with van der Waals surface area (Å²) in [5, 5.41) is -7.95. The van der Waals surface area contributed by atoms with Gasteiger partial charge in [-0.1, -0.05) is 0 Å². The van der Waals surface area contributed by atoms with E-state index in [9.17, 15) is 82.8 Å². The molecule has 0 spiro atoms. The van der Waals surface area contributed by atoms with Crippen molar-refractivity contribution in [1.29, 1.82) is 0 Å². The first-order valence-electron chi connectivity index (χ1n) is 9.47. The van der Waals surface area contributed by atoms with Crippen molar-refractivity contribution in [2.45, 2.75) is 35.3 Å². The Balaban J connectivity index is 0.00000968. The van der Waals surface area contributed by atoms with Gasteiger partial charge in [0, 0.05) is 0 Å². The Morgan fingerprint density at radius 3 is 1.71 bits per heavy atom. The van der Waals surface area contributed by atoms with Gasteiger partial charge < -0.3 is 14.0 Å². The minimum Gasteiger partial charge on any atom is -0.743 e. The standard InChI is InChI=1S/C16H8F10O12S5.2Li/c17-9-3-1-7(5-11(9)39-36-13(27)14(19,20)42(25,26)38-37-28)40(29,30)8-2-4-10(18)12(6-8)41(31,32)15(21,22)16(23,24)43(33,34)35;;/h1-6,28H,(H,33,34,35);;/q;2*+1/p-2. The van der Waals surface area contributed by atoms with Crippen LogP contribution in [0.4, 0.5) is 42.9 Å². The van der Waals surface area contributed by atoms with Crippen LogP contribution in [0.2, 0.25) is 0 Å². The average Bonchev–Trinajstić information content (AvgIpc) is 2.86. The molecule has 0 aliphatic rings. The number of sulfone groups is 2. The second kappa shape index (κ2) is 14.5. The van der Waals surface area contributed by atoms with Crippen molar-refractivity contribution in [3.63, 3.8) is 0 Å². The van der Waals surface area contributed by atoms with Gasteiger partial charge in [-0.15, -0.1) is 12.1 Å². The molecule has 0 radical (unpaired) electrons. The van der Waals surface area contributed by atoms with Gasteiger partial charge in [0.25, 0.3) is 20.9 Å². The van der Waals surface area contributed by atoms with Gasteiger partial charge in [-0.3, -0.25) is 5.04 Å². The molecule has 0 N–H and O–H groups in total. The van der Waals surface area contributed by atoms with Gasteiger partial charge in [0.05, 0.1) is 26.7 Å². The van der Waals surface area contributed by atoms with E-state index in [2.05, 4.69) is 13.6 Å². The van der Waals surface area contributed by atoms with E-state index in [0.29, 0.717) is 6.07 Å². The van der Waals surface area contributed by atoms with E-state index in [1.807, 2.05) is 0 Å². The molecule has 0 fully saturated rings. The number of rotatable bonds is 12. The summed E-state index contributed by atoms with van der Waals surface area (Å²) in [4.78, 5) is 4.69. The van der Waals surface area contributed by atoms with E-state index in [4.69, 9.17) is 0 Å². The number of hydrogen-bond donors (Lipinski definition) is 0. The van der Waals surface area contributed by atoms with Gasteiger partial charge in [-0.25, -0.2) is 38.8 Å². The molecule has 12 nitrogen and oxygen atoms in total. The van der Waals surface area contributed by atoms with Gasteiger partial charge in [0.15, 0.2) is 10.1 Å². The zero-order chi connectivity index (χ0) is 33.6. The number of benzene rings is 2. The molecule has 244 valence electrons. The minimum atomic E-state index is -7.43. The van der Waals surface area contributed by atoms with Crippen LogP contribution in [0.5, 0.6) is 0 Å². The quantitative estimate of drug-likeness (QED) is 0.0410. The molecule has 0 aliphatic heterocycles. The number of alkyl halides is 6. The largest absolute Gasteiger partial charge is 1.00 e. The maximum Gasteiger partial charge on any atom is 1.00 e. The molecule has 2 aromatic rings. The van der Waals surface area contributed by atoms with Gasteiger partial charge >= 0.3 is 59.5 Å². The third-order valence-electron chi connectivity index (χ3n) is 4.56. The van der Waals surface area contributed by atoms with E-state index >= 15 is 0 Å². The molecular weight excluding hydrogens is 748 g/mol. The average molecular weight is 754 g/mol. The Kier molecular flexibility index (Phi) is 14.1. The Bertz CT molecular complexity index is 1760. The SMILES string of the molecule is O=C(OSc1cc(S(=O)(=O)c2ccc(F)c(S(=O)(=O)C(F)(F)C(F)(F)S(=O)(=O)[O-])c2)ccc1F)C(F)(F)S(F)(F)OO[O-].[Li+].[Li+]. The smallest absolute Gasteiger partial charge is 0.743 e. The summed E-state index contributed by atoms with van der Waals surface area (Å²) in [6.07, 6.45) is 0. The summed E-state index contributed by atoms with van der Waals surface area (Å²) < 4.78 is 225. The van der Waals surface area contributed by atoms with E-state index in [1.54, 1.807) is 0 Å². The van der Waals surface area contributed by atoms with E-state index in [1.165, 1.54) is 0 Å². The molecular formula is C16H6F10Li2O12S5. The summed E-state index contributed by atoms with van der Waals surface area (Å²) in [5.41, 5.74) is 0. The summed E-state index contributed by atoms with van der Waals surface area (Å²) in [7, 11) is -20.0. The molecule has 0 aliphatic carbocycles. The number of halogens is 10. The van der Waals surface area contributed by atoms with E-state index in [0.717, 1.165) is 0 Å². The second-order valence-electron chi connectivity index (χ2n) is 7.21. The monoisotopic (exact) mass is 754 g/mol. The Hall–Kier alpha value is -1.21. The van der Waals surface area contributed by atoms with Gasteiger partial charge in [0.2, 0.25) is 9.84 Å². The molecule has 2 aromatic carbocycles. The van der Waals surface area contributed by atoms with Crippen LogP contribution in [0, 0.1) is 11.6 Å². The molecule has 0 saturated carbocycles. The third kappa shape index (κ3) is 8.10. The second-order valence-corrected chi connectivity index (χ2v) is 14.8. The van der Waals surface area contributed by atoms with Crippen molar-refractivity contribution in [1.82, 2.24) is 0 Å². The van der Waals surface area contributed by atoms with Crippen LogP contribution >= 0.6 is 23.1 Å². The van der Waals surface area contributed by atoms with Crippen LogP contribution < -0.4 is 43.0 Å². The van der Waals surface area contributed by atoms with Crippen LogP contribution in [0.25, 0.3) is 0 Å². The van der Waals surface area contributed by atoms with Crippen molar-refractivity contribution in [2.75, 3.05) is 0 Å². The molecule has 45 heavy (non-hydrogen) atoms. The van der Waals surface area contributed by atoms with Gasteiger partial charge in [-0.05, 0) is 36.4 Å². The molecule has 0 aromatic heterocycles. The van der Waals surface area contributed by atoms with Crippen molar-refractivity contribution in [3.05, 3.63) is 48.0 Å². The molecule has 0 bridgehead atoms. The predicted molar refractivity (Wildman–Crippen MR) is 114 cm³/mol. The van der Waals surface area contributed by atoms with Crippen molar-refractivity contribution >= 4 is 58.9 Å². The van der Waals surface area contributed by atoms with Crippen molar-refractivity contribution < 1.29 is 134 Å². The van der Waals surface area contributed by atoms with Crippen LogP contribution in [0.1, 0.15) is 0 Å². The van der Waals surface area contributed by atoms with Crippen LogP contribution in [-0.4, -0.2) is 51.5 Å². The Morgan fingerprint density at radius 1 is 0.778 bits per heavy atom. The molecule has 0 amide bonds. The maximum atomic E-state index is 14.2. The number of carbonyl (C=O) groups is 1. The fraction of sp³-hybridized carbons (Fsp3) is 0.188. The zero-order valence-corrected chi connectivity index (χ0v) is 25.3.